The minimum absolute atomic E-state index is 0.130. The molecule has 0 unspecified atom stereocenters. The number of rotatable bonds is 1. The Morgan fingerprint density at radius 3 is 2.62 bits per heavy atom. The van der Waals surface area contributed by atoms with Crippen LogP contribution in [-0.4, -0.2) is 13.1 Å². The second-order valence-electron chi connectivity index (χ2n) is 3.33. The predicted molar refractivity (Wildman–Crippen MR) is 52.5 cm³/mol. The maximum absolute atomic E-state index is 13.4. The molecule has 0 saturated carbocycles. The van der Waals surface area contributed by atoms with Crippen molar-refractivity contribution in [1.82, 2.24) is 0 Å². The van der Waals surface area contributed by atoms with E-state index in [1.54, 1.807) is 6.07 Å². The molecule has 1 aromatic carbocycles. The van der Waals surface area contributed by atoms with Crippen LogP contribution in [0.4, 0.5) is 10.1 Å². The largest absolute Gasteiger partial charge is 0.362 e. The molecule has 0 bridgehead atoms. The molecule has 1 aliphatic rings. The van der Waals surface area contributed by atoms with Crippen molar-refractivity contribution >= 4 is 5.69 Å². The fourth-order valence-corrected chi connectivity index (χ4v) is 1.54. The lowest BCUT2D eigenvalue weighted by Crippen LogP contribution is -2.19. The first-order valence-corrected chi connectivity index (χ1v) is 4.43. The number of nitrogens with zero attached hydrogens (tertiary/aromatic N) is 1. The number of aryl methyl sites for hydroxylation is 1. The van der Waals surface area contributed by atoms with Gasteiger partial charge in [0, 0.05) is 13.1 Å². The van der Waals surface area contributed by atoms with Gasteiger partial charge in [-0.1, -0.05) is 18.2 Å². The minimum Gasteiger partial charge on any atom is -0.362 e. The lowest BCUT2D eigenvalue weighted by atomic mass is 10.2. The van der Waals surface area contributed by atoms with Gasteiger partial charge in [-0.3, -0.25) is 0 Å². The minimum atomic E-state index is -0.130. The molecule has 0 amide bonds. The molecule has 2 heteroatoms. The number of benzene rings is 1. The summed E-state index contributed by atoms with van der Waals surface area (Å²) < 4.78 is 13.4. The summed E-state index contributed by atoms with van der Waals surface area (Å²) in [5.41, 5.74) is 1.81. The molecule has 0 radical (unpaired) electrons. The van der Waals surface area contributed by atoms with Gasteiger partial charge in [0.1, 0.15) is 5.82 Å². The molecule has 0 saturated heterocycles. The van der Waals surface area contributed by atoms with Crippen LogP contribution >= 0.6 is 0 Å². The maximum Gasteiger partial charge on any atom is 0.146 e. The van der Waals surface area contributed by atoms with Gasteiger partial charge in [0.05, 0.1) is 5.69 Å². The highest BCUT2D eigenvalue weighted by Crippen LogP contribution is 2.22. The van der Waals surface area contributed by atoms with Gasteiger partial charge < -0.3 is 4.90 Å². The highest BCUT2D eigenvalue weighted by Gasteiger charge is 2.11. The van der Waals surface area contributed by atoms with E-state index in [-0.39, 0.29) is 5.82 Å². The zero-order valence-corrected chi connectivity index (χ0v) is 7.63. The van der Waals surface area contributed by atoms with E-state index in [2.05, 4.69) is 12.2 Å². The van der Waals surface area contributed by atoms with E-state index >= 15 is 0 Å². The molecule has 0 spiro atoms. The molecule has 13 heavy (non-hydrogen) atoms. The van der Waals surface area contributed by atoms with Crippen LogP contribution in [0.25, 0.3) is 0 Å². The van der Waals surface area contributed by atoms with E-state index in [0.717, 1.165) is 18.7 Å². The van der Waals surface area contributed by atoms with Gasteiger partial charge in [-0.15, -0.1) is 0 Å². The predicted octanol–water partition coefficient (Wildman–Crippen LogP) is 2.51. The van der Waals surface area contributed by atoms with E-state index in [1.807, 2.05) is 17.9 Å². The average Bonchev–Trinajstić information content (AvgIpc) is 2.61. The van der Waals surface area contributed by atoms with E-state index in [1.165, 1.54) is 6.07 Å². The van der Waals surface area contributed by atoms with Crippen LogP contribution in [-0.2, 0) is 0 Å². The van der Waals surface area contributed by atoms with Crippen molar-refractivity contribution in [1.29, 1.82) is 0 Å². The third-order valence-corrected chi connectivity index (χ3v) is 2.26. The number of anilines is 1. The molecule has 1 nitrogen and oxygen atoms in total. The van der Waals surface area contributed by atoms with Crippen LogP contribution in [0.5, 0.6) is 0 Å². The summed E-state index contributed by atoms with van der Waals surface area (Å²) in [6.45, 7) is 3.62. The molecule has 0 atom stereocenters. The Kier molecular flexibility index (Phi) is 2.05. The standard InChI is InChI=1S/C11H12FN/c1-9-4-5-10(12)11(8-9)13-6-2-3-7-13/h2-5,8H,6-7H2,1H3. The zero-order valence-electron chi connectivity index (χ0n) is 7.63. The van der Waals surface area contributed by atoms with E-state index in [4.69, 9.17) is 0 Å². The van der Waals surface area contributed by atoms with E-state index in [9.17, 15) is 4.39 Å². The first-order chi connectivity index (χ1) is 6.27. The van der Waals surface area contributed by atoms with Crippen molar-refractivity contribution in [2.45, 2.75) is 6.92 Å². The highest BCUT2D eigenvalue weighted by molar-refractivity contribution is 5.52. The lowest BCUT2D eigenvalue weighted by Gasteiger charge is -2.18. The Balaban J connectivity index is 2.33. The molecule has 0 N–H and O–H groups in total. The van der Waals surface area contributed by atoms with Gasteiger partial charge in [0.2, 0.25) is 0 Å². The molecule has 2 rings (SSSR count). The van der Waals surface area contributed by atoms with Crippen molar-refractivity contribution in [2.24, 2.45) is 0 Å². The van der Waals surface area contributed by atoms with Gasteiger partial charge in [0.25, 0.3) is 0 Å². The van der Waals surface area contributed by atoms with Crippen molar-refractivity contribution in [3.63, 3.8) is 0 Å². The number of hydrogen-bond acceptors (Lipinski definition) is 1. The van der Waals surface area contributed by atoms with Crippen molar-refractivity contribution < 1.29 is 4.39 Å². The molecule has 1 aromatic rings. The Bertz CT molecular complexity index is 336. The smallest absolute Gasteiger partial charge is 0.146 e. The van der Waals surface area contributed by atoms with Gasteiger partial charge >= 0.3 is 0 Å². The SMILES string of the molecule is Cc1ccc(F)c(N2CC=CC2)c1. The van der Waals surface area contributed by atoms with Gasteiger partial charge in [-0.25, -0.2) is 4.39 Å². The summed E-state index contributed by atoms with van der Waals surface area (Å²) in [5.74, 6) is -0.130. The number of halogens is 1. The van der Waals surface area contributed by atoms with Crippen LogP contribution in [0.3, 0.4) is 0 Å². The van der Waals surface area contributed by atoms with Crippen molar-refractivity contribution in [3.8, 4) is 0 Å². The second kappa shape index (κ2) is 3.21. The summed E-state index contributed by atoms with van der Waals surface area (Å²) in [6, 6.07) is 5.22. The van der Waals surface area contributed by atoms with Gasteiger partial charge in [-0.05, 0) is 24.6 Å². The molecular weight excluding hydrogens is 165 g/mol. The molecule has 0 aromatic heterocycles. The Labute approximate surface area is 77.5 Å². The molecule has 1 aliphatic heterocycles. The summed E-state index contributed by atoms with van der Waals surface area (Å²) >= 11 is 0. The lowest BCUT2D eigenvalue weighted by molar-refractivity contribution is 0.623. The first kappa shape index (κ1) is 8.30. The third kappa shape index (κ3) is 1.57. The Morgan fingerprint density at radius 2 is 1.92 bits per heavy atom. The topological polar surface area (TPSA) is 3.24 Å². The molecule has 1 heterocycles. The summed E-state index contributed by atoms with van der Waals surface area (Å²) in [6.07, 6.45) is 4.11. The van der Waals surface area contributed by atoms with Crippen LogP contribution in [0.1, 0.15) is 5.56 Å². The quantitative estimate of drug-likeness (QED) is 0.596. The monoisotopic (exact) mass is 177 g/mol. The first-order valence-electron chi connectivity index (χ1n) is 4.43. The van der Waals surface area contributed by atoms with Gasteiger partial charge in [0.15, 0.2) is 0 Å². The molecule has 68 valence electrons. The van der Waals surface area contributed by atoms with Gasteiger partial charge in [-0.2, -0.15) is 0 Å². The fraction of sp³-hybridized carbons (Fsp3) is 0.273. The van der Waals surface area contributed by atoms with E-state index < -0.39 is 0 Å². The van der Waals surface area contributed by atoms with Crippen molar-refractivity contribution in [3.05, 3.63) is 41.7 Å². The summed E-state index contributed by atoms with van der Waals surface area (Å²) in [7, 11) is 0. The van der Waals surface area contributed by atoms with Crippen molar-refractivity contribution in [2.75, 3.05) is 18.0 Å². The Hall–Kier alpha value is -1.31. The maximum atomic E-state index is 13.4. The normalized spacial score (nSPS) is 15.4. The summed E-state index contributed by atoms with van der Waals surface area (Å²) in [4.78, 5) is 2.02. The summed E-state index contributed by atoms with van der Waals surface area (Å²) in [5, 5.41) is 0. The van der Waals surface area contributed by atoms with Crippen LogP contribution in [0.2, 0.25) is 0 Å². The van der Waals surface area contributed by atoms with Crippen LogP contribution < -0.4 is 4.90 Å². The number of hydrogen-bond donors (Lipinski definition) is 0. The van der Waals surface area contributed by atoms with Crippen LogP contribution in [0.15, 0.2) is 30.4 Å². The molecular formula is C11H12FN. The zero-order chi connectivity index (χ0) is 9.26. The van der Waals surface area contributed by atoms with Crippen LogP contribution in [0, 0.1) is 12.7 Å². The molecule has 0 fully saturated rings. The average molecular weight is 177 g/mol. The fourth-order valence-electron chi connectivity index (χ4n) is 1.54. The second-order valence-corrected chi connectivity index (χ2v) is 3.33. The third-order valence-electron chi connectivity index (χ3n) is 2.26. The molecule has 0 aliphatic carbocycles. The van der Waals surface area contributed by atoms with E-state index in [0.29, 0.717) is 5.69 Å². The highest BCUT2D eigenvalue weighted by atomic mass is 19.1. The Morgan fingerprint density at radius 1 is 1.23 bits per heavy atom.